The van der Waals surface area contributed by atoms with Gasteiger partial charge in [0.2, 0.25) is 11.8 Å². The van der Waals surface area contributed by atoms with Gasteiger partial charge in [-0.1, -0.05) is 29.8 Å². The molecule has 194 valence electrons. The quantitative estimate of drug-likeness (QED) is 0.182. The fourth-order valence-corrected chi connectivity index (χ4v) is 5.82. The molecule has 0 unspecified atom stereocenters. The van der Waals surface area contributed by atoms with Crippen molar-refractivity contribution in [1.29, 1.82) is 10.8 Å². The van der Waals surface area contributed by atoms with E-state index in [-0.39, 0.29) is 18.1 Å². The average molecular weight is 554 g/mol. The molecule has 6 rings (SSSR count). The molecule has 4 aromatic rings. The number of fused-ring (bicyclic) bond motifs is 1. The summed E-state index contributed by atoms with van der Waals surface area (Å²) in [6.45, 7) is 3.68. The van der Waals surface area contributed by atoms with Crippen molar-refractivity contribution in [3.8, 4) is 11.8 Å². The number of benzene rings is 1. The third-order valence-electron chi connectivity index (χ3n) is 6.61. The minimum absolute atomic E-state index is 0.171. The number of thiophene rings is 1. The van der Waals surface area contributed by atoms with E-state index < -0.39 is 6.04 Å². The normalized spacial score (nSPS) is 16.7. The van der Waals surface area contributed by atoms with Gasteiger partial charge < -0.3 is 4.42 Å². The summed E-state index contributed by atoms with van der Waals surface area (Å²) in [5.41, 5.74) is 4.01. The van der Waals surface area contributed by atoms with Gasteiger partial charge in [-0.2, -0.15) is 0 Å². The lowest BCUT2D eigenvalue weighted by Crippen LogP contribution is -2.40. The van der Waals surface area contributed by atoms with Crippen LogP contribution in [0.1, 0.15) is 64.7 Å². The maximum absolute atomic E-state index is 9.19. The number of hydrogen-bond donors (Lipinski definition) is 2. The van der Waals surface area contributed by atoms with Crippen LogP contribution in [0, 0.1) is 29.6 Å². The minimum Gasteiger partial charge on any atom is -0.425 e. The van der Waals surface area contributed by atoms with Crippen LogP contribution in [-0.4, -0.2) is 38.6 Å². The molecule has 8 nitrogen and oxygen atoms in total. The molecule has 3 aromatic heterocycles. The van der Waals surface area contributed by atoms with Crippen molar-refractivity contribution in [3.63, 3.8) is 0 Å². The molecule has 0 amide bonds. The molecule has 0 saturated heterocycles. The number of hydrogen-bond acceptors (Lipinski definition) is 8. The number of halogens is 1. The first-order valence-electron chi connectivity index (χ1n) is 12.6. The Morgan fingerprint density at radius 3 is 2.64 bits per heavy atom. The second kappa shape index (κ2) is 10.2. The number of nitrogens with one attached hydrogen (secondary N) is 2. The van der Waals surface area contributed by atoms with Crippen LogP contribution in [0.25, 0.3) is 0 Å². The van der Waals surface area contributed by atoms with Crippen molar-refractivity contribution in [2.24, 2.45) is 4.99 Å². The van der Waals surface area contributed by atoms with E-state index in [9.17, 15) is 5.41 Å². The highest BCUT2D eigenvalue weighted by Crippen LogP contribution is 2.41. The smallest absolute Gasteiger partial charge is 0.219 e. The number of anilines is 1. The molecule has 1 saturated carbocycles. The Balaban J connectivity index is 1.49. The Hall–Kier alpha value is -4.13. The van der Waals surface area contributed by atoms with Crippen LogP contribution in [0.15, 0.2) is 58.1 Å². The number of aromatic nitrogens is 3. The van der Waals surface area contributed by atoms with Gasteiger partial charge in [-0.15, -0.1) is 21.5 Å². The SMILES string of the molecule is CC(=N)N1C(=N)[C@H](Cc2nnc(C3CC3)o2)N=C(c2ccc(Cl)cc2)c2c1sc(C#Cc1ccccn1)c2C. The van der Waals surface area contributed by atoms with E-state index in [1.54, 1.807) is 18.0 Å². The molecule has 1 aliphatic heterocycles. The highest BCUT2D eigenvalue weighted by Gasteiger charge is 2.36. The number of amidine groups is 2. The molecule has 1 fully saturated rings. The monoisotopic (exact) mass is 553 g/mol. The van der Waals surface area contributed by atoms with E-state index in [0.29, 0.717) is 34.1 Å². The van der Waals surface area contributed by atoms with Gasteiger partial charge in [0, 0.05) is 28.3 Å². The van der Waals surface area contributed by atoms with Crippen LogP contribution < -0.4 is 4.90 Å². The van der Waals surface area contributed by atoms with E-state index in [4.69, 9.17) is 26.4 Å². The summed E-state index contributed by atoms with van der Waals surface area (Å²) in [4.78, 5) is 11.9. The van der Waals surface area contributed by atoms with Gasteiger partial charge in [0.1, 0.15) is 28.4 Å². The average Bonchev–Trinajstić information content (AvgIpc) is 3.62. The molecule has 39 heavy (non-hydrogen) atoms. The number of rotatable bonds is 4. The van der Waals surface area contributed by atoms with E-state index in [1.165, 1.54) is 11.3 Å². The molecule has 1 atom stereocenters. The second-order valence-electron chi connectivity index (χ2n) is 9.52. The zero-order chi connectivity index (χ0) is 27.1. The molecule has 0 spiro atoms. The summed E-state index contributed by atoms with van der Waals surface area (Å²) in [6, 6.07) is 12.5. The lowest BCUT2D eigenvalue weighted by molar-refractivity contribution is 0.446. The maximum atomic E-state index is 9.19. The minimum atomic E-state index is -0.634. The largest absolute Gasteiger partial charge is 0.425 e. The van der Waals surface area contributed by atoms with Crippen LogP contribution in [0.5, 0.6) is 0 Å². The van der Waals surface area contributed by atoms with Crippen LogP contribution in [0.2, 0.25) is 5.02 Å². The van der Waals surface area contributed by atoms with Crippen molar-refractivity contribution in [2.75, 3.05) is 4.90 Å². The van der Waals surface area contributed by atoms with Crippen LogP contribution >= 0.6 is 22.9 Å². The first-order valence-corrected chi connectivity index (χ1v) is 13.7. The van der Waals surface area contributed by atoms with Crippen molar-refractivity contribution in [3.05, 3.63) is 92.7 Å². The van der Waals surface area contributed by atoms with Gasteiger partial charge in [-0.05, 0) is 68.4 Å². The molecular formula is C29H24ClN7OS. The standard InChI is InChI=1S/C29H24ClN7OS/c1-16-23(13-12-21-5-3-4-14-33-21)39-29-25(16)26(18-8-10-20(30)11-9-18)34-22(27(32)37(29)17(2)31)15-24-35-36-28(38-24)19-6-7-19/h3-5,8-11,14,19,22,31-32H,6-7,15H2,1-2H3/t22-/m0/s1. The van der Waals surface area contributed by atoms with Gasteiger partial charge in [-0.25, -0.2) is 4.98 Å². The zero-order valence-corrected chi connectivity index (χ0v) is 22.9. The van der Waals surface area contributed by atoms with Crippen LogP contribution in [-0.2, 0) is 6.42 Å². The molecule has 0 radical (unpaired) electrons. The number of nitrogens with zero attached hydrogens (tertiary/aromatic N) is 5. The van der Waals surface area contributed by atoms with Crippen molar-refractivity contribution < 1.29 is 4.42 Å². The summed E-state index contributed by atoms with van der Waals surface area (Å²) >= 11 is 7.66. The van der Waals surface area contributed by atoms with Crippen molar-refractivity contribution in [2.45, 2.75) is 45.1 Å². The zero-order valence-electron chi connectivity index (χ0n) is 21.3. The Morgan fingerprint density at radius 2 is 1.95 bits per heavy atom. The van der Waals surface area contributed by atoms with Gasteiger partial charge in [0.05, 0.1) is 17.0 Å². The topological polar surface area (TPSA) is 115 Å². The molecular weight excluding hydrogens is 530 g/mol. The van der Waals surface area contributed by atoms with Gasteiger partial charge in [0.25, 0.3) is 0 Å². The number of aliphatic imine (C=N–C) groups is 1. The van der Waals surface area contributed by atoms with Crippen molar-refractivity contribution >= 4 is 45.3 Å². The van der Waals surface area contributed by atoms with E-state index in [2.05, 4.69) is 27.0 Å². The fraction of sp³-hybridized carbons (Fsp3) is 0.241. The van der Waals surface area contributed by atoms with Gasteiger partial charge in [0.15, 0.2) is 0 Å². The van der Waals surface area contributed by atoms with Gasteiger partial charge >= 0.3 is 0 Å². The van der Waals surface area contributed by atoms with E-state index >= 15 is 0 Å². The van der Waals surface area contributed by atoms with Crippen LogP contribution in [0.3, 0.4) is 0 Å². The third-order valence-corrected chi connectivity index (χ3v) is 8.05. The highest BCUT2D eigenvalue weighted by atomic mass is 35.5. The fourth-order valence-electron chi connectivity index (χ4n) is 4.46. The van der Waals surface area contributed by atoms with Gasteiger partial charge in [-0.3, -0.25) is 20.7 Å². The molecule has 10 heteroatoms. The first kappa shape index (κ1) is 25.2. The van der Waals surface area contributed by atoms with E-state index in [0.717, 1.165) is 39.4 Å². The lowest BCUT2D eigenvalue weighted by atomic mass is 9.99. The molecule has 2 aliphatic rings. The number of pyridine rings is 1. The maximum Gasteiger partial charge on any atom is 0.219 e. The van der Waals surface area contributed by atoms with E-state index in [1.807, 2.05) is 49.4 Å². The Morgan fingerprint density at radius 1 is 1.15 bits per heavy atom. The Bertz CT molecular complexity index is 1670. The molecule has 1 aliphatic carbocycles. The summed E-state index contributed by atoms with van der Waals surface area (Å²) in [5, 5.41) is 27.6. The molecule has 1 aromatic carbocycles. The predicted octanol–water partition coefficient (Wildman–Crippen LogP) is 6.01. The highest BCUT2D eigenvalue weighted by molar-refractivity contribution is 7.17. The summed E-state index contributed by atoms with van der Waals surface area (Å²) < 4.78 is 5.93. The Labute approximate surface area is 234 Å². The first-order chi connectivity index (χ1) is 18.9. The molecule has 0 bridgehead atoms. The molecule has 2 N–H and O–H groups in total. The lowest BCUT2D eigenvalue weighted by Gasteiger charge is -2.24. The second-order valence-corrected chi connectivity index (χ2v) is 11.0. The van der Waals surface area contributed by atoms with Crippen molar-refractivity contribution in [1.82, 2.24) is 15.2 Å². The predicted molar refractivity (Wildman–Crippen MR) is 154 cm³/mol. The Kier molecular flexibility index (Phi) is 6.59. The summed E-state index contributed by atoms with van der Waals surface area (Å²) in [6.07, 6.45) is 4.10. The summed E-state index contributed by atoms with van der Waals surface area (Å²) in [5.74, 6) is 8.22. The molecule has 4 heterocycles. The third kappa shape index (κ3) is 5.01. The summed E-state index contributed by atoms with van der Waals surface area (Å²) in [7, 11) is 0. The van der Waals surface area contributed by atoms with Crippen LogP contribution in [0.4, 0.5) is 5.00 Å².